The van der Waals surface area contributed by atoms with Gasteiger partial charge in [-0.25, -0.2) is 9.78 Å². The number of aryl methyl sites for hydroxylation is 2. The second-order valence-corrected chi connectivity index (χ2v) is 6.48. The van der Waals surface area contributed by atoms with Crippen molar-refractivity contribution in [3.63, 3.8) is 0 Å². The fourth-order valence-corrected chi connectivity index (χ4v) is 3.06. The lowest BCUT2D eigenvalue weighted by Gasteiger charge is -2.08. The molecule has 9 heteroatoms. The van der Waals surface area contributed by atoms with Crippen molar-refractivity contribution in [2.45, 2.75) is 19.4 Å². The van der Waals surface area contributed by atoms with Crippen LogP contribution in [0.4, 0.5) is 0 Å². The molecule has 2 aromatic heterocycles. The smallest absolute Gasteiger partial charge is 0.332 e. The summed E-state index contributed by atoms with van der Waals surface area (Å²) in [5.41, 5.74) is 0.750. The highest BCUT2D eigenvalue weighted by molar-refractivity contribution is 5.69. The third-order valence-corrected chi connectivity index (χ3v) is 4.60. The minimum Gasteiger partial charge on any atom is -0.508 e. The van der Waals surface area contributed by atoms with E-state index >= 15 is 0 Å². The van der Waals surface area contributed by atoms with Gasteiger partial charge >= 0.3 is 5.69 Å². The number of phenolic OH excluding ortho intramolecular Hbond substituents is 2. The van der Waals surface area contributed by atoms with Crippen molar-refractivity contribution in [2.75, 3.05) is 13.1 Å². The first-order valence-corrected chi connectivity index (χ1v) is 8.72. The van der Waals surface area contributed by atoms with Gasteiger partial charge in [0.15, 0.2) is 11.2 Å². The van der Waals surface area contributed by atoms with Crippen molar-refractivity contribution in [1.29, 1.82) is 0 Å². The summed E-state index contributed by atoms with van der Waals surface area (Å²) in [6.07, 6.45) is 2.94. The van der Waals surface area contributed by atoms with Crippen LogP contribution in [0.2, 0.25) is 0 Å². The van der Waals surface area contributed by atoms with Gasteiger partial charge in [-0.05, 0) is 49.7 Å². The number of fused-ring (bicyclic) bond motifs is 1. The summed E-state index contributed by atoms with van der Waals surface area (Å²) in [5.74, 6) is 0.298. The monoisotopic (exact) mass is 373 g/mol. The molecule has 0 bridgehead atoms. The number of rotatable bonds is 7. The van der Waals surface area contributed by atoms with E-state index in [1.165, 1.54) is 23.7 Å². The highest BCUT2D eigenvalue weighted by Crippen LogP contribution is 2.22. The number of benzene rings is 1. The summed E-state index contributed by atoms with van der Waals surface area (Å²) in [5, 5.41) is 22.5. The van der Waals surface area contributed by atoms with Crippen LogP contribution in [0.15, 0.2) is 34.1 Å². The van der Waals surface area contributed by atoms with Gasteiger partial charge < -0.3 is 20.1 Å². The molecule has 1 aromatic carbocycles. The zero-order valence-electron chi connectivity index (χ0n) is 15.3. The van der Waals surface area contributed by atoms with Gasteiger partial charge in [-0.1, -0.05) is 0 Å². The molecule has 0 aliphatic heterocycles. The lowest BCUT2D eigenvalue weighted by Crippen LogP contribution is -2.37. The standard InChI is InChI=1S/C18H23N5O4/c1-21-16-15(17(26)22(2)18(21)27)23(11-20-16)9-3-7-19-8-6-12-10-13(24)4-5-14(12)25/h4-5,10-11,19,24-25H,3,6-9H2,1-2H3. The van der Waals surface area contributed by atoms with Crippen molar-refractivity contribution >= 4 is 11.2 Å². The molecular weight excluding hydrogens is 350 g/mol. The minimum atomic E-state index is -0.394. The average Bonchev–Trinajstić information content (AvgIpc) is 3.07. The van der Waals surface area contributed by atoms with Gasteiger partial charge in [0.2, 0.25) is 0 Å². The molecule has 0 aliphatic rings. The fourth-order valence-electron chi connectivity index (χ4n) is 3.06. The zero-order valence-corrected chi connectivity index (χ0v) is 15.3. The molecular formula is C18H23N5O4. The van der Waals surface area contributed by atoms with E-state index < -0.39 is 5.69 Å². The van der Waals surface area contributed by atoms with Gasteiger partial charge in [0.05, 0.1) is 6.33 Å². The van der Waals surface area contributed by atoms with Crippen LogP contribution in [-0.2, 0) is 27.1 Å². The molecule has 0 spiro atoms. The summed E-state index contributed by atoms with van der Waals surface area (Å²) in [6, 6.07) is 4.47. The molecule has 3 aromatic rings. The number of hydrogen-bond acceptors (Lipinski definition) is 6. The van der Waals surface area contributed by atoms with Gasteiger partial charge in [0, 0.05) is 20.6 Å². The molecule has 9 nitrogen and oxygen atoms in total. The number of nitrogens with zero attached hydrogens (tertiary/aromatic N) is 4. The quantitative estimate of drug-likeness (QED) is 0.399. The van der Waals surface area contributed by atoms with Crippen molar-refractivity contribution in [2.24, 2.45) is 14.1 Å². The Morgan fingerprint density at radius 3 is 2.67 bits per heavy atom. The van der Waals surface area contributed by atoms with Gasteiger partial charge in [-0.3, -0.25) is 13.9 Å². The average molecular weight is 373 g/mol. The van der Waals surface area contributed by atoms with Crippen molar-refractivity contribution in [3.05, 3.63) is 50.9 Å². The van der Waals surface area contributed by atoms with E-state index in [2.05, 4.69) is 10.3 Å². The summed E-state index contributed by atoms with van der Waals surface area (Å²) in [6.45, 7) is 1.96. The number of imidazole rings is 1. The Balaban J connectivity index is 1.56. The second-order valence-electron chi connectivity index (χ2n) is 6.48. The van der Waals surface area contributed by atoms with Crippen LogP contribution < -0.4 is 16.6 Å². The van der Waals surface area contributed by atoms with Crippen LogP contribution in [0, 0.1) is 0 Å². The number of hydrogen-bond donors (Lipinski definition) is 3. The van der Waals surface area contributed by atoms with Crippen LogP contribution in [0.5, 0.6) is 11.5 Å². The molecule has 27 heavy (non-hydrogen) atoms. The molecule has 3 N–H and O–H groups in total. The van der Waals surface area contributed by atoms with Gasteiger partial charge in [0.25, 0.3) is 5.56 Å². The largest absolute Gasteiger partial charge is 0.508 e. The third kappa shape index (κ3) is 3.72. The molecule has 0 fully saturated rings. The summed E-state index contributed by atoms with van der Waals surface area (Å²) < 4.78 is 4.22. The Kier molecular flexibility index (Phi) is 5.31. The number of nitrogens with one attached hydrogen (secondary N) is 1. The SMILES string of the molecule is Cn1c(=O)c2c(ncn2CCCNCCc2cc(O)ccc2O)n(C)c1=O. The first-order chi connectivity index (χ1) is 12.9. The maximum Gasteiger partial charge on any atom is 0.332 e. The van der Waals surface area contributed by atoms with Crippen LogP contribution >= 0.6 is 0 Å². The van der Waals surface area contributed by atoms with E-state index in [4.69, 9.17) is 0 Å². The third-order valence-electron chi connectivity index (χ3n) is 4.60. The summed E-state index contributed by atoms with van der Waals surface area (Å²) in [4.78, 5) is 28.5. The normalized spacial score (nSPS) is 11.3. The Labute approximate surface area is 155 Å². The van der Waals surface area contributed by atoms with Gasteiger partial charge in [-0.2, -0.15) is 0 Å². The molecule has 144 valence electrons. The number of aromatic nitrogens is 4. The van der Waals surface area contributed by atoms with Crippen LogP contribution in [0.3, 0.4) is 0 Å². The van der Waals surface area contributed by atoms with E-state index in [9.17, 15) is 19.8 Å². The molecule has 0 radical (unpaired) electrons. The molecule has 0 aliphatic carbocycles. The molecule has 0 saturated heterocycles. The molecule has 0 amide bonds. The highest BCUT2D eigenvalue weighted by Gasteiger charge is 2.13. The molecule has 0 saturated carbocycles. The predicted molar refractivity (Wildman–Crippen MR) is 101 cm³/mol. The van der Waals surface area contributed by atoms with E-state index in [1.54, 1.807) is 24.0 Å². The lowest BCUT2D eigenvalue weighted by atomic mass is 10.1. The minimum absolute atomic E-state index is 0.130. The van der Waals surface area contributed by atoms with Crippen LogP contribution in [0.1, 0.15) is 12.0 Å². The van der Waals surface area contributed by atoms with Crippen LogP contribution in [-0.4, -0.2) is 42.0 Å². The van der Waals surface area contributed by atoms with Crippen LogP contribution in [0.25, 0.3) is 11.2 Å². The lowest BCUT2D eigenvalue weighted by molar-refractivity contribution is 0.453. The molecule has 0 unspecified atom stereocenters. The van der Waals surface area contributed by atoms with E-state index in [1.807, 2.05) is 0 Å². The van der Waals surface area contributed by atoms with Crippen molar-refractivity contribution in [3.8, 4) is 11.5 Å². The summed E-state index contributed by atoms with van der Waals surface area (Å²) >= 11 is 0. The fraction of sp³-hybridized carbons (Fsp3) is 0.389. The topological polar surface area (TPSA) is 114 Å². The van der Waals surface area contributed by atoms with Crippen molar-refractivity contribution in [1.82, 2.24) is 24.0 Å². The Hall–Kier alpha value is -3.07. The number of phenols is 2. The Morgan fingerprint density at radius 2 is 1.89 bits per heavy atom. The van der Waals surface area contributed by atoms with Gasteiger partial charge in [0.1, 0.15) is 11.5 Å². The Morgan fingerprint density at radius 1 is 1.11 bits per heavy atom. The van der Waals surface area contributed by atoms with E-state index in [0.717, 1.165) is 11.0 Å². The zero-order chi connectivity index (χ0) is 19.6. The van der Waals surface area contributed by atoms with Crippen molar-refractivity contribution < 1.29 is 10.2 Å². The van der Waals surface area contributed by atoms with Gasteiger partial charge in [-0.15, -0.1) is 0 Å². The van der Waals surface area contributed by atoms with E-state index in [-0.39, 0.29) is 17.1 Å². The Bertz CT molecular complexity index is 1080. The first-order valence-electron chi connectivity index (χ1n) is 8.72. The molecule has 0 atom stereocenters. The maximum atomic E-state index is 12.4. The molecule has 2 heterocycles. The first kappa shape index (κ1) is 18.7. The van der Waals surface area contributed by atoms with E-state index in [0.29, 0.717) is 42.8 Å². The predicted octanol–water partition coefficient (Wildman–Crippen LogP) is 0.0673. The second kappa shape index (κ2) is 7.67. The maximum absolute atomic E-state index is 12.4. The summed E-state index contributed by atoms with van der Waals surface area (Å²) in [7, 11) is 3.06. The highest BCUT2D eigenvalue weighted by atomic mass is 16.3. The number of aromatic hydroxyl groups is 2. The molecule has 3 rings (SSSR count).